The van der Waals surface area contributed by atoms with Crippen molar-refractivity contribution in [2.45, 2.75) is 0 Å². The molecule has 0 aliphatic carbocycles. The predicted octanol–water partition coefficient (Wildman–Crippen LogP) is -9.48. The quantitative estimate of drug-likeness (QED) is 0.317. The van der Waals surface area contributed by atoms with Crippen molar-refractivity contribution in [2.24, 2.45) is 0 Å². The summed E-state index contributed by atoms with van der Waals surface area (Å²) in [6.45, 7) is 0. The first-order valence-corrected chi connectivity index (χ1v) is 0. The Bertz CT molecular complexity index is 9.22. The summed E-state index contributed by atoms with van der Waals surface area (Å²) in [6, 6.07) is 0. The molecule has 0 saturated carbocycles. The fraction of sp³-hybridized carbons (Fsp3) is 0. The first-order valence-electron chi connectivity index (χ1n) is 0. The third-order valence-electron chi connectivity index (χ3n) is 0. The van der Waals surface area contributed by atoms with Gasteiger partial charge in [-0.3, -0.25) is 0 Å². The van der Waals surface area contributed by atoms with E-state index in [1.54, 1.807) is 0 Å². The van der Waals surface area contributed by atoms with Crippen molar-refractivity contribution in [3.8, 4) is 0 Å². The summed E-state index contributed by atoms with van der Waals surface area (Å²) >= 11 is 0. The van der Waals surface area contributed by atoms with Gasteiger partial charge in [-0.15, -0.1) is 0 Å². The Kier molecular flexibility index (Phi) is 21300. The molecule has 66 valence electrons. The second kappa shape index (κ2) is 372. The molecule has 0 aromatic rings. The van der Waals surface area contributed by atoms with Crippen molar-refractivity contribution in [1.82, 2.24) is 0 Å². The van der Waals surface area contributed by atoms with Gasteiger partial charge in [-0.05, 0) is 0 Å². The average molecular weight is 184 g/mol. The number of rotatable bonds is 0. The molecule has 0 aliphatic heterocycles. The fourth-order valence-electron chi connectivity index (χ4n) is 0. The van der Waals surface area contributed by atoms with Gasteiger partial charge in [-0.1, -0.05) is 0 Å². The van der Waals surface area contributed by atoms with E-state index in [1.807, 2.05) is 0 Å². The van der Waals surface area contributed by atoms with Crippen LogP contribution in [-0.4, -0.2) is 43.8 Å². The molecule has 0 spiro atoms. The molecular formula is H17KO8. The van der Waals surface area contributed by atoms with Gasteiger partial charge in [-0.2, -0.15) is 0 Å². The molecule has 8 nitrogen and oxygen atoms in total. The summed E-state index contributed by atoms with van der Waals surface area (Å²) in [6.07, 6.45) is 0. The van der Waals surface area contributed by atoms with Crippen molar-refractivity contribution < 1.29 is 96.6 Å². The third-order valence-corrected chi connectivity index (χ3v) is 0. The summed E-state index contributed by atoms with van der Waals surface area (Å²) in [5.74, 6) is 0. The minimum Gasteiger partial charge on any atom is -1.00 e. The van der Waals surface area contributed by atoms with E-state index in [-0.39, 0.29) is 96.6 Å². The molecule has 0 aromatic carbocycles. The van der Waals surface area contributed by atoms with Crippen LogP contribution in [0.5, 0.6) is 0 Å². The largest absolute Gasteiger partial charge is 1.00 e. The Morgan fingerprint density at radius 2 is 0.333 bits per heavy atom. The fourth-order valence-corrected chi connectivity index (χ4v) is 0. The van der Waals surface area contributed by atoms with Gasteiger partial charge in [-0.25, -0.2) is 0 Å². The molecule has 0 bridgehead atoms. The van der Waals surface area contributed by atoms with Crippen molar-refractivity contribution >= 4 is 0 Å². The Balaban J connectivity index is 0. The van der Waals surface area contributed by atoms with Gasteiger partial charge in [0.1, 0.15) is 0 Å². The number of hydrogen-bond donors (Lipinski definition) is 0. The van der Waals surface area contributed by atoms with E-state index in [2.05, 4.69) is 0 Å². The first kappa shape index (κ1) is 517. The number of hydrogen-bond acceptors (Lipinski definition) is 0. The molecule has 0 saturated heterocycles. The maximum absolute atomic E-state index is 0. The zero-order valence-electron chi connectivity index (χ0n) is 6.00. The van der Waals surface area contributed by atoms with Gasteiger partial charge < -0.3 is 45.2 Å². The zero-order valence-corrected chi connectivity index (χ0v) is 8.12. The topological polar surface area (TPSA) is 252 Å². The summed E-state index contributed by atoms with van der Waals surface area (Å²) < 4.78 is 0. The van der Waals surface area contributed by atoms with Gasteiger partial charge >= 0.3 is 51.4 Å². The van der Waals surface area contributed by atoms with Crippen LogP contribution in [0.3, 0.4) is 0 Å². The molecule has 0 amide bonds. The van der Waals surface area contributed by atoms with Crippen LogP contribution in [0.2, 0.25) is 0 Å². The molecular weight excluding hydrogens is 167 g/mol. The van der Waals surface area contributed by atoms with Gasteiger partial charge in [0.15, 0.2) is 0 Å². The van der Waals surface area contributed by atoms with Crippen molar-refractivity contribution in [3.63, 3.8) is 0 Å². The van der Waals surface area contributed by atoms with Gasteiger partial charge in [0.05, 0.1) is 0 Å². The summed E-state index contributed by atoms with van der Waals surface area (Å²) in [5.41, 5.74) is 0. The summed E-state index contributed by atoms with van der Waals surface area (Å²) in [5, 5.41) is 0. The van der Waals surface area contributed by atoms with Crippen molar-refractivity contribution in [3.05, 3.63) is 0 Å². The second-order valence-corrected chi connectivity index (χ2v) is 0. The SMILES string of the molecule is O.O.O.O.O.O.O.O.[H-].[K+]. The van der Waals surface area contributed by atoms with Crippen LogP contribution >= 0.6 is 0 Å². The first-order chi connectivity index (χ1) is 0. The van der Waals surface area contributed by atoms with E-state index in [0.717, 1.165) is 0 Å². The van der Waals surface area contributed by atoms with Crippen molar-refractivity contribution in [1.29, 1.82) is 0 Å². The van der Waals surface area contributed by atoms with Gasteiger partial charge in [0, 0.05) is 0 Å². The maximum atomic E-state index is 0. The van der Waals surface area contributed by atoms with Crippen LogP contribution in [0, 0.1) is 0 Å². The minimum absolute atomic E-state index is 0. The Hall–Kier alpha value is 1.32. The molecule has 9 heavy (non-hydrogen) atoms. The maximum Gasteiger partial charge on any atom is 1.00 e. The van der Waals surface area contributed by atoms with Crippen LogP contribution < -0.4 is 51.4 Å². The molecule has 0 aliphatic rings. The standard InChI is InChI=1S/K.8H2O.H/h;8*1H2;/q+1;;;;;;;;;-1. The van der Waals surface area contributed by atoms with E-state index in [4.69, 9.17) is 0 Å². The van der Waals surface area contributed by atoms with E-state index < -0.39 is 0 Å². The van der Waals surface area contributed by atoms with Crippen LogP contribution in [-0.2, 0) is 0 Å². The molecule has 0 rings (SSSR count). The van der Waals surface area contributed by atoms with Crippen LogP contribution in [0.1, 0.15) is 1.43 Å². The molecule has 0 radical (unpaired) electrons. The van der Waals surface area contributed by atoms with Crippen LogP contribution in [0.4, 0.5) is 0 Å². The normalized spacial score (nSPS) is 0. The van der Waals surface area contributed by atoms with Crippen LogP contribution in [0.25, 0.3) is 0 Å². The molecule has 0 unspecified atom stereocenters. The average Bonchev–Trinajstić information content (AvgIpc) is 0. The molecule has 0 fully saturated rings. The van der Waals surface area contributed by atoms with E-state index in [0.29, 0.717) is 0 Å². The Labute approximate surface area is 95.6 Å². The van der Waals surface area contributed by atoms with Crippen LogP contribution in [0.15, 0.2) is 0 Å². The Morgan fingerprint density at radius 3 is 0.333 bits per heavy atom. The van der Waals surface area contributed by atoms with E-state index in [9.17, 15) is 0 Å². The van der Waals surface area contributed by atoms with Crippen molar-refractivity contribution in [2.75, 3.05) is 0 Å². The zero-order chi connectivity index (χ0) is 0. The third kappa shape index (κ3) is 288. The Morgan fingerprint density at radius 1 is 0.333 bits per heavy atom. The predicted molar refractivity (Wildman–Crippen MR) is 30.0 cm³/mol. The molecule has 16 N–H and O–H groups in total. The minimum atomic E-state index is 0. The monoisotopic (exact) mass is 184 g/mol. The summed E-state index contributed by atoms with van der Waals surface area (Å²) in [4.78, 5) is 0. The smallest absolute Gasteiger partial charge is 1.00 e. The van der Waals surface area contributed by atoms with E-state index in [1.165, 1.54) is 0 Å². The van der Waals surface area contributed by atoms with Gasteiger partial charge in [0.2, 0.25) is 0 Å². The molecule has 0 heterocycles. The molecule has 0 aromatic heterocycles. The molecule has 9 heteroatoms. The van der Waals surface area contributed by atoms with E-state index >= 15 is 0 Å². The second-order valence-electron chi connectivity index (χ2n) is 0. The molecule has 0 atom stereocenters. The van der Waals surface area contributed by atoms with Gasteiger partial charge in [0.25, 0.3) is 0 Å². The summed E-state index contributed by atoms with van der Waals surface area (Å²) in [7, 11) is 0.